The Morgan fingerprint density at radius 2 is 1.92 bits per heavy atom. The molecule has 1 spiro atoms. The normalized spacial score (nSPS) is 22.4. The molecular formula is C19H28N4O3. The molecule has 26 heavy (non-hydrogen) atoms. The molecule has 0 saturated carbocycles. The third-order valence-electron chi connectivity index (χ3n) is 5.64. The van der Waals surface area contributed by atoms with Crippen LogP contribution in [-0.4, -0.2) is 78.1 Å². The van der Waals surface area contributed by atoms with Crippen molar-refractivity contribution >= 4 is 17.6 Å². The van der Waals surface area contributed by atoms with Gasteiger partial charge in [0.15, 0.2) is 0 Å². The maximum absolute atomic E-state index is 12.7. The molecule has 7 nitrogen and oxygen atoms in total. The molecule has 2 aliphatic rings. The Morgan fingerprint density at radius 1 is 1.23 bits per heavy atom. The maximum atomic E-state index is 12.7. The summed E-state index contributed by atoms with van der Waals surface area (Å²) >= 11 is 0. The Kier molecular flexibility index (Phi) is 5.18. The second-order valence-corrected chi connectivity index (χ2v) is 7.85. The first-order valence-electron chi connectivity index (χ1n) is 9.16. The molecule has 7 heteroatoms. The number of carbonyl (C=O) groups excluding carboxylic acids is 2. The van der Waals surface area contributed by atoms with E-state index < -0.39 is 6.10 Å². The summed E-state index contributed by atoms with van der Waals surface area (Å²) in [6.07, 6.45) is 3.48. The Balaban J connectivity index is 1.64. The van der Waals surface area contributed by atoms with Crippen molar-refractivity contribution in [1.82, 2.24) is 14.8 Å². The minimum Gasteiger partial charge on any atom is -0.391 e. The van der Waals surface area contributed by atoms with Crippen LogP contribution in [-0.2, 0) is 4.79 Å². The number of rotatable bonds is 2. The summed E-state index contributed by atoms with van der Waals surface area (Å²) in [5, 5.41) is 10.2. The van der Waals surface area contributed by atoms with E-state index in [-0.39, 0.29) is 17.2 Å². The Hall–Kier alpha value is -2.15. The quantitative estimate of drug-likeness (QED) is 0.851. The summed E-state index contributed by atoms with van der Waals surface area (Å²) < 4.78 is 0. The first kappa shape index (κ1) is 18.6. The summed E-state index contributed by atoms with van der Waals surface area (Å²) in [4.78, 5) is 34.3. The molecule has 142 valence electrons. The lowest BCUT2D eigenvalue weighted by molar-refractivity contribution is -0.137. The monoisotopic (exact) mass is 360 g/mol. The van der Waals surface area contributed by atoms with E-state index in [9.17, 15) is 14.7 Å². The number of piperidine rings is 2. The largest absolute Gasteiger partial charge is 0.391 e. The highest BCUT2D eigenvalue weighted by molar-refractivity contribution is 5.94. The zero-order valence-corrected chi connectivity index (χ0v) is 15.8. The number of hydrogen-bond acceptors (Lipinski definition) is 5. The molecule has 3 rings (SSSR count). The second kappa shape index (κ2) is 7.23. The van der Waals surface area contributed by atoms with Gasteiger partial charge in [-0.2, -0.15) is 0 Å². The van der Waals surface area contributed by atoms with Gasteiger partial charge in [0.25, 0.3) is 5.91 Å². The van der Waals surface area contributed by atoms with Crippen molar-refractivity contribution in [2.75, 3.05) is 45.2 Å². The van der Waals surface area contributed by atoms with E-state index in [0.717, 1.165) is 18.7 Å². The van der Waals surface area contributed by atoms with Crippen LogP contribution >= 0.6 is 0 Å². The number of carbonyl (C=O) groups is 2. The molecule has 2 fully saturated rings. The smallest absolute Gasteiger partial charge is 0.255 e. The van der Waals surface area contributed by atoms with Gasteiger partial charge >= 0.3 is 0 Å². The zero-order chi connectivity index (χ0) is 18.9. The van der Waals surface area contributed by atoms with Crippen LogP contribution in [0.2, 0.25) is 0 Å². The summed E-state index contributed by atoms with van der Waals surface area (Å²) in [6.45, 7) is 3.94. The number of hydrogen-bond donors (Lipinski definition) is 1. The number of aromatic nitrogens is 1. The molecule has 1 N–H and O–H groups in total. The number of amides is 2. The van der Waals surface area contributed by atoms with Crippen molar-refractivity contribution in [1.29, 1.82) is 0 Å². The minimum absolute atomic E-state index is 0.00237. The van der Waals surface area contributed by atoms with E-state index in [2.05, 4.69) is 4.98 Å². The highest BCUT2D eigenvalue weighted by Gasteiger charge is 2.43. The molecule has 3 heterocycles. The van der Waals surface area contributed by atoms with Crippen molar-refractivity contribution in [3.05, 3.63) is 23.9 Å². The molecule has 1 atom stereocenters. The van der Waals surface area contributed by atoms with Gasteiger partial charge in [0.2, 0.25) is 5.91 Å². The number of likely N-dealkylation sites (tertiary alicyclic amines) is 2. The summed E-state index contributed by atoms with van der Waals surface area (Å²) in [6, 6.07) is 3.66. The highest BCUT2D eigenvalue weighted by atomic mass is 16.3. The fourth-order valence-electron chi connectivity index (χ4n) is 4.10. The van der Waals surface area contributed by atoms with Crippen molar-refractivity contribution in [2.24, 2.45) is 5.41 Å². The van der Waals surface area contributed by atoms with Gasteiger partial charge in [0, 0.05) is 53.4 Å². The van der Waals surface area contributed by atoms with Gasteiger partial charge in [-0.05, 0) is 36.8 Å². The van der Waals surface area contributed by atoms with Crippen LogP contribution in [0.5, 0.6) is 0 Å². The lowest BCUT2D eigenvalue weighted by Crippen LogP contribution is -2.55. The predicted octanol–water partition coefficient (Wildman–Crippen LogP) is 0.983. The lowest BCUT2D eigenvalue weighted by atomic mass is 9.71. The molecule has 1 aromatic rings. The Morgan fingerprint density at radius 3 is 2.46 bits per heavy atom. The van der Waals surface area contributed by atoms with Gasteiger partial charge in [-0.15, -0.1) is 0 Å². The molecule has 1 unspecified atom stereocenters. The van der Waals surface area contributed by atoms with Crippen LogP contribution < -0.4 is 4.90 Å². The summed E-state index contributed by atoms with van der Waals surface area (Å²) in [7, 11) is 3.83. The van der Waals surface area contributed by atoms with E-state index >= 15 is 0 Å². The molecular weight excluding hydrogens is 332 g/mol. The summed E-state index contributed by atoms with van der Waals surface area (Å²) in [5.41, 5.74) is 0.522. The molecule has 0 bridgehead atoms. The van der Waals surface area contributed by atoms with Gasteiger partial charge in [0.1, 0.15) is 5.82 Å². The van der Waals surface area contributed by atoms with Gasteiger partial charge in [-0.1, -0.05) is 0 Å². The average molecular weight is 360 g/mol. The highest BCUT2D eigenvalue weighted by Crippen LogP contribution is 2.40. The number of anilines is 1. The number of β-amino-alcohol motifs (C(OH)–C–C–N with tert-alkyl or cyclic N) is 1. The Bertz CT molecular complexity index is 666. The second-order valence-electron chi connectivity index (χ2n) is 7.85. The molecule has 0 aromatic carbocycles. The van der Waals surface area contributed by atoms with Gasteiger partial charge in [0.05, 0.1) is 11.7 Å². The van der Waals surface area contributed by atoms with E-state index in [1.54, 1.807) is 18.0 Å². The van der Waals surface area contributed by atoms with Crippen LogP contribution in [0.1, 0.15) is 36.5 Å². The van der Waals surface area contributed by atoms with Crippen molar-refractivity contribution in [3.8, 4) is 0 Å². The maximum Gasteiger partial charge on any atom is 0.255 e. The van der Waals surface area contributed by atoms with Crippen molar-refractivity contribution in [2.45, 2.75) is 32.3 Å². The predicted molar refractivity (Wildman–Crippen MR) is 99.0 cm³/mol. The number of pyridine rings is 1. The van der Waals surface area contributed by atoms with Crippen LogP contribution in [0.15, 0.2) is 18.3 Å². The van der Waals surface area contributed by atoms with Gasteiger partial charge in [-0.25, -0.2) is 4.98 Å². The first-order valence-corrected chi connectivity index (χ1v) is 9.16. The molecule has 0 radical (unpaired) electrons. The van der Waals surface area contributed by atoms with Crippen molar-refractivity contribution in [3.63, 3.8) is 0 Å². The molecule has 2 amide bonds. The third kappa shape index (κ3) is 3.82. The fraction of sp³-hybridized carbons (Fsp3) is 0.632. The zero-order valence-electron chi connectivity index (χ0n) is 15.8. The first-order chi connectivity index (χ1) is 12.3. The Labute approximate surface area is 154 Å². The van der Waals surface area contributed by atoms with Gasteiger partial charge < -0.3 is 19.8 Å². The number of aliphatic hydroxyl groups is 1. The molecule has 1 aromatic heterocycles. The van der Waals surface area contributed by atoms with Crippen molar-refractivity contribution < 1.29 is 14.7 Å². The number of aliphatic hydroxyl groups excluding tert-OH is 1. The third-order valence-corrected chi connectivity index (χ3v) is 5.64. The molecule has 0 aliphatic carbocycles. The lowest BCUT2D eigenvalue weighted by Gasteiger charge is -2.49. The average Bonchev–Trinajstić information content (AvgIpc) is 2.61. The molecule has 2 aliphatic heterocycles. The van der Waals surface area contributed by atoms with Crippen LogP contribution in [0.25, 0.3) is 0 Å². The van der Waals surface area contributed by atoms with Crippen LogP contribution in [0.4, 0.5) is 5.82 Å². The summed E-state index contributed by atoms with van der Waals surface area (Å²) in [5.74, 6) is 0.825. The van der Waals surface area contributed by atoms with Gasteiger partial charge in [-0.3, -0.25) is 9.59 Å². The number of nitrogens with zero attached hydrogens (tertiary/aromatic N) is 4. The SMILES string of the molecule is CC(=O)N1CC(O)CC2(CCN(C(=O)c3ccc(N(C)C)nc3)CC2)C1. The van der Waals surface area contributed by atoms with E-state index in [4.69, 9.17) is 0 Å². The molecule has 2 saturated heterocycles. The fourth-order valence-corrected chi connectivity index (χ4v) is 4.10. The van der Waals surface area contributed by atoms with E-state index in [0.29, 0.717) is 38.2 Å². The van der Waals surface area contributed by atoms with Crippen LogP contribution in [0.3, 0.4) is 0 Å². The minimum atomic E-state index is -0.474. The topological polar surface area (TPSA) is 77.0 Å². The van der Waals surface area contributed by atoms with E-state index in [1.807, 2.05) is 36.0 Å². The van der Waals surface area contributed by atoms with E-state index in [1.165, 1.54) is 0 Å². The standard InChI is InChI=1S/C19H28N4O3/c1-14(24)23-12-16(25)10-19(13-23)6-8-22(9-7-19)18(26)15-4-5-17(20-11-15)21(2)3/h4-5,11,16,25H,6-10,12-13H2,1-3H3. The van der Waals surface area contributed by atoms with Crippen LogP contribution in [0, 0.1) is 5.41 Å².